The molecule has 5 heteroatoms. The normalized spacial score (nSPS) is 14.1. The van der Waals surface area contributed by atoms with Gasteiger partial charge in [0.25, 0.3) is 5.91 Å². The number of rotatable bonds is 5. The first-order valence-corrected chi connectivity index (χ1v) is 7.27. The largest absolute Gasteiger partial charge is 0.342 e. The summed E-state index contributed by atoms with van der Waals surface area (Å²) in [6.07, 6.45) is 3.72. The van der Waals surface area contributed by atoms with Crippen molar-refractivity contribution in [3.63, 3.8) is 0 Å². The van der Waals surface area contributed by atoms with Gasteiger partial charge in [0.05, 0.1) is 6.54 Å². The molecule has 5 nitrogen and oxygen atoms in total. The van der Waals surface area contributed by atoms with Crippen LogP contribution in [0, 0.1) is 31.1 Å². The fourth-order valence-corrected chi connectivity index (χ4v) is 2.11. The van der Waals surface area contributed by atoms with E-state index in [-0.39, 0.29) is 18.0 Å². The van der Waals surface area contributed by atoms with Crippen molar-refractivity contribution in [2.24, 2.45) is 5.92 Å². The maximum absolute atomic E-state index is 11.9. The van der Waals surface area contributed by atoms with Gasteiger partial charge < -0.3 is 10.6 Å². The Morgan fingerprint density at radius 1 is 1.32 bits per heavy atom. The minimum absolute atomic E-state index is 0.0855. The number of amides is 2. The molecule has 1 aliphatic rings. The van der Waals surface area contributed by atoms with Crippen molar-refractivity contribution in [2.45, 2.75) is 26.7 Å². The molecule has 0 aromatic heterocycles. The van der Waals surface area contributed by atoms with Gasteiger partial charge in [-0.2, -0.15) is 5.26 Å². The molecule has 2 N–H and O–H groups in total. The van der Waals surface area contributed by atoms with Crippen molar-refractivity contribution >= 4 is 17.5 Å². The summed E-state index contributed by atoms with van der Waals surface area (Å²) in [7, 11) is 0. The zero-order valence-electron chi connectivity index (χ0n) is 12.8. The second-order valence-corrected chi connectivity index (χ2v) is 5.53. The van der Waals surface area contributed by atoms with Crippen molar-refractivity contribution in [3.8, 4) is 6.07 Å². The highest BCUT2D eigenvalue weighted by Crippen LogP contribution is 2.31. The number of hydrogen-bond donors (Lipinski definition) is 2. The van der Waals surface area contributed by atoms with Gasteiger partial charge in [-0.05, 0) is 43.7 Å². The van der Waals surface area contributed by atoms with Gasteiger partial charge in [0.15, 0.2) is 0 Å². The fourth-order valence-electron chi connectivity index (χ4n) is 2.11. The molecular formula is C17H19N3O2. The van der Waals surface area contributed by atoms with Crippen LogP contribution >= 0.6 is 0 Å². The van der Waals surface area contributed by atoms with Crippen LogP contribution in [0.1, 0.15) is 24.0 Å². The molecular weight excluding hydrogens is 278 g/mol. The smallest absolute Gasteiger partial charge is 0.262 e. The first-order valence-electron chi connectivity index (χ1n) is 7.27. The summed E-state index contributed by atoms with van der Waals surface area (Å²) in [6, 6.07) is 7.62. The quantitative estimate of drug-likeness (QED) is 0.646. The number of benzene rings is 1. The van der Waals surface area contributed by atoms with Gasteiger partial charge in [0.1, 0.15) is 11.6 Å². The van der Waals surface area contributed by atoms with Gasteiger partial charge in [-0.1, -0.05) is 24.3 Å². The summed E-state index contributed by atoms with van der Waals surface area (Å²) in [6.45, 7) is 3.66. The second kappa shape index (κ2) is 6.90. The molecule has 0 saturated heterocycles. The Labute approximate surface area is 130 Å². The number of anilines is 1. The molecule has 1 saturated carbocycles. The minimum atomic E-state index is -0.494. The number of carbonyl (C=O) groups is 2. The zero-order chi connectivity index (χ0) is 16.1. The van der Waals surface area contributed by atoms with Crippen LogP contribution < -0.4 is 10.6 Å². The molecule has 2 amide bonds. The average Bonchev–Trinajstić information content (AvgIpc) is 3.30. The SMILES string of the molecule is Cc1cccc(C)c1NC(=O)CNC(=O)/C(C#N)=C\C1CC1. The summed E-state index contributed by atoms with van der Waals surface area (Å²) in [5, 5.41) is 14.2. The van der Waals surface area contributed by atoms with Crippen LogP contribution in [0.2, 0.25) is 0 Å². The summed E-state index contributed by atoms with van der Waals surface area (Å²) in [5.41, 5.74) is 2.77. The predicted molar refractivity (Wildman–Crippen MR) is 84.0 cm³/mol. The fraction of sp³-hybridized carbons (Fsp3) is 0.353. The topological polar surface area (TPSA) is 82.0 Å². The summed E-state index contributed by atoms with van der Waals surface area (Å²) in [4.78, 5) is 23.8. The summed E-state index contributed by atoms with van der Waals surface area (Å²) >= 11 is 0. The zero-order valence-corrected chi connectivity index (χ0v) is 12.8. The Bertz CT molecular complexity index is 647. The molecule has 0 atom stereocenters. The lowest BCUT2D eigenvalue weighted by Crippen LogP contribution is -2.33. The molecule has 22 heavy (non-hydrogen) atoms. The lowest BCUT2D eigenvalue weighted by atomic mass is 10.1. The van der Waals surface area contributed by atoms with Gasteiger partial charge in [-0.15, -0.1) is 0 Å². The second-order valence-electron chi connectivity index (χ2n) is 5.53. The molecule has 0 heterocycles. The van der Waals surface area contributed by atoms with Crippen LogP contribution in [0.25, 0.3) is 0 Å². The van der Waals surface area contributed by atoms with E-state index < -0.39 is 5.91 Å². The van der Waals surface area contributed by atoms with Gasteiger partial charge >= 0.3 is 0 Å². The number of nitrogens with zero attached hydrogens (tertiary/aromatic N) is 1. The van der Waals surface area contributed by atoms with E-state index in [0.717, 1.165) is 29.7 Å². The highest BCUT2D eigenvalue weighted by molar-refractivity contribution is 6.01. The number of aryl methyl sites for hydroxylation is 2. The van der Waals surface area contributed by atoms with Crippen molar-refractivity contribution in [3.05, 3.63) is 41.0 Å². The van der Waals surface area contributed by atoms with E-state index in [1.165, 1.54) is 0 Å². The molecule has 0 aliphatic heterocycles. The highest BCUT2D eigenvalue weighted by Gasteiger charge is 2.21. The van der Waals surface area contributed by atoms with Crippen LogP contribution in [0.5, 0.6) is 0 Å². The number of nitriles is 1. The number of hydrogen-bond acceptors (Lipinski definition) is 3. The standard InChI is InChI=1S/C17H19N3O2/c1-11-4-3-5-12(2)16(11)20-15(21)10-19-17(22)14(9-18)8-13-6-7-13/h3-5,8,13H,6-7,10H2,1-2H3,(H,19,22)(H,20,21)/b14-8-. The van der Waals surface area contributed by atoms with Crippen LogP contribution in [-0.2, 0) is 9.59 Å². The van der Waals surface area contributed by atoms with E-state index in [4.69, 9.17) is 5.26 Å². The van der Waals surface area contributed by atoms with Crippen molar-refractivity contribution < 1.29 is 9.59 Å². The number of allylic oxidation sites excluding steroid dienone is 1. The number of carbonyl (C=O) groups excluding carboxylic acids is 2. The third-order valence-electron chi connectivity index (χ3n) is 3.54. The van der Waals surface area contributed by atoms with Gasteiger partial charge in [0, 0.05) is 5.69 Å². The minimum Gasteiger partial charge on any atom is -0.342 e. The molecule has 0 radical (unpaired) electrons. The third-order valence-corrected chi connectivity index (χ3v) is 3.54. The molecule has 1 aromatic carbocycles. The number of nitrogens with one attached hydrogen (secondary N) is 2. The Morgan fingerprint density at radius 3 is 2.50 bits per heavy atom. The highest BCUT2D eigenvalue weighted by atomic mass is 16.2. The summed E-state index contributed by atoms with van der Waals surface area (Å²) in [5.74, 6) is -0.468. The molecule has 0 bridgehead atoms. The maximum Gasteiger partial charge on any atom is 0.262 e. The summed E-state index contributed by atoms with van der Waals surface area (Å²) < 4.78 is 0. The van der Waals surface area contributed by atoms with E-state index in [9.17, 15) is 9.59 Å². The first-order chi connectivity index (χ1) is 10.5. The van der Waals surface area contributed by atoms with Gasteiger partial charge in [-0.3, -0.25) is 9.59 Å². The Kier molecular flexibility index (Phi) is 4.95. The molecule has 1 aromatic rings. The first kappa shape index (κ1) is 15.8. The Balaban J connectivity index is 1.90. The van der Waals surface area contributed by atoms with Crippen molar-refractivity contribution in [1.29, 1.82) is 5.26 Å². The van der Waals surface area contributed by atoms with Crippen molar-refractivity contribution in [1.82, 2.24) is 5.32 Å². The van der Waals surface area contributed by atoms with E-state index in [0.29, 0.717) is 5.92 Å². The maximum atomic E-state index is 11.9. The van der Waals surface area contributed by atoms with Crippen molar-refractivity contribution in [2.75, 3.05) is 11.9 Å². The van der Waals surface area contributed by atoms with Crippen LogP contribution in [0.15, 0.2) is 29.8 Å². The molecule has 114 valence electrons. The monoisotopic (exact) mass is 297 g/mol. The average molecular weight is 297 g/mol. The predicted octanol–water partition coefficient (Wildman–Crippen LogP) is 2.22. The third kappa shape index (κ3) is 4.19. The van der Waals surface area contributed by atoms with E-state index in [1.807, 2.05) is 38.1 Å². The van der Waals surface area contributed by atoms with Crippen LogP contribution in [-0.4, -0.2) is 18.4 Å². The lowest BCUT2D eigenvalue weighted by molar-refractivity contribution is -0.121. The number of para-hydroxylation sites is 1. The molecule has 2 rings (SSSR count). The van der Waals surface area contributed by atoms with E-state index in [2.05, 4.69) is 10.6 Å². The van der Waals surface area contributed by atoms with Gasteiger partial charge in [0.2, 0.25) is 5.91 Å². The van der Waals surface area contributed by atoms with E-state index >= 15 is 0 Å². The Morgan fingerprint density at radius 2 is 1.95 bits per heavy atom. The molecule has 1 fully saturated rings. The van der Waals surface area contributed by atoms with Crippen LogP contribution in [0.3, 0.4) is 0 Å². The van der Waals surface area contributed by atoms with Gasteiger partial charge in [-0.25, -0.2) is 0 Å². The molecule has 0 spiro atoms. The Hall–Kier alpha value is -2.61. The lowest BCUT2D eigenvalue weighted by Gasteiger charge is -2.11. The molecule has 1 aliphatic carbocycles. The van der Waals surface area contributed by atoms with E-state index in [1.54, 1.807) is 6.08 Å². The molecule has 0 unspecified atom stereocenters. The van der Waals surface area contributed by atoms with Crippen LogP contribution in [0.4, 0.5) is 5.69 Å².